The highest BCUT2D eigenvalue weighted by molar-refractivity contribution is 5.91. The maximum absolute atomic E-state index is 12.0. The van der Waals surface area contributed by atoms with Crippen LogP contribution in [0.3, 0.4) is 0 Å². The first-order valence-electron chi connectivity index (χ1n) is 5.82. The second-order valence-electron chi connectivity index (χ2n) is 5.32. The summed E-state index contributed by atoms with van der Waals surface area (Å²) in [4.78, 5) is 23.7. The molecule has 0 aromatic carbocycles. The molecule has 0 N–H and O–H groups in total. The number of hydrogen-bond donors (Lipinski definition) is 0. The first kappa shape index (κ1) is 9.37. The third kappa shape index (κ3) is 1.18. The number of ether oxygens (including phenoxy) is 1. The van der Waals surface area contributed by atoms with Gasteiger partial charge in [0.15, 0.2) is 0 Å². The third-order valence-corrected chi connectivity index (χ3v) is 4.61. The van der Waals surface area contributed by atoms with Crippen molar-refractivity contribution in [3.63, 3.8) is 0 Å². The summed E-state index contributed by atoms with van der Waals surface area (Å²) in [6, 6.07) is 0. The van der Waals surface area contributed by atoms with Gasteiger partial charge in [-0.15, -0.1) is 0 Å². The van der Waals surface area contributed by atoms with E-state index < -0.39 is 0 Å². The van der Waals surface area contributed by atoms with Gasteiger partial charge in [-0.3, -0.25) is 9.59 Å². The molecule has 0 saturated heterocycles. The molecule has 0 aliphatic heterocycles. The smallest absolute Gasteiger partial charge is 0.309 e. The first-order chi connectivity index (χ1) is 7.20. The van der Waals surface area contributed by atoms with Gasteiger partial charge in [-0.05, 0) is 37.5 Å². The Kier molecular flexibility index (Phi) is 1.91. The Morgan fingerprint density at radius 1 is 1.27 bits per heavy atom. The molecule has 4 saturated carbocycles. The number of carbonyl (C=O) groups is 2. The molecule has 0 radical (unpaired) electrons. The van der Waals surface area contributed by atoms with E-state index in [0.29, 0.717) is 17.6 Å². The molecule has 15 heavy (non-hydrogen) atoms. The molecule has 0 aromatic rings. The highest BCUT2D eigenvalue weighted by Crippen LogP contribution is 2.54. The van der Waals surface area contributed by atoms with Crippen molar-refractivity contribution in [1.29, 1.82) is 0 Å². The van der Waals surface area contributed by atoms with Crippen LogP contribution >= 0.6 is 0 Å². The molecule has 4 aliphatic rings. The Labute approximate surface area is 89.2 Å². The summed E-state index contributed by atoms with van der Waals surface area (Å²) in [5.74, 6) is 1.47. The Balaban J connectivity index is 1.92. The lowest BCUT2D eigenvalue weighted by molar-refractivity contribution is -0.166. The Morgan fingerprint density at radius 3 is 2.80 bits per heavy atom. The van der Waals surface area contributed by atoms with Crippen LogP contribution in [0.5, 0.6) is 0 Å². The molecule has 5 atom stereocenters. The van der Waals surface area contributed by atoms with Gasteiger partial charge < -0.3 is 4.74 Å². The summed E-state index contributed by atoms with van der Waals surface area (Å²) in [7, 11) is 1.43. The fourth-order valence-electron chi connectivity index (χ4n) is 4.13. The topological polar surface area (TPSA) is 43.4 Å². The van der Waals surface area contributed by atoms with Crippen molar-refractivity contribution in [3.8, 4) is 0 Å². The van der Waals surface area contributed by atoms with E-state index >= 15 is 0 Å². The first-order valence-corrected chi connectivity index (χ1v) is 5.82. The second-order valence-corrected chi connectivity index (χ2v) is 5.32. The van der Waals surface area contributed by atoms with Gasteiger partial charge in [0.25, 0.3) is 0 Å². The van der Waals surface area contributed by atoms with E-state index in [2.05, 4.69) is 0 Å². The largest absolute Gasteiger partial charge is 0.469 e. The van der Waals surface area contributed by atoms with Crippen LogP contribution < -0.4 is 0 Å². The number of carbonyl (C=O) groups excluding carboxylic acids is 2. The van der Waals surface area contributed by atoms with Crippen LogP contribution in [0.4, 0.5) is 0 Å². The van der Waals surface area contributed by atoms with Crippen LogP contribution in [0.2, 0.25) is 0 Å². The van der Waals surface area contributed by atoms with Crippen LogP contribution in [0.25, 0.3) is 0 Å². The average Bonchev–Trinajstić information content (AvgIpc) is 2.24. The van der Waals surface area contributed by atoms with Gasteiger partial charge in [0.05, 0.1) is 13.0 Å². The molecule has 0 spiro atoms. The van der Waals surface area contributed by atoms with Crippen molar-refractivity contribution in [2.75, 3.05) is 7.11 Å². The van der Waals surface area contributed by atoms with Crippen LogP contribution in [0, 0.1) is 29.6 Å². The molecule has 4 aliphatic carbocycles. The zero-order chi connectivity index (χ0) is 10.6. The lowest BCUT2D eigenvalue weighted by atomic mass is 9.51. The van der Waals surface area contributed by atoms with Gasteiger partial charge in [-0.2, -0.15) is 0 Å². The molecule has 4 bridgehead atoms. The number of rotatable bonds is 1. The predicted molar refractivity (Wildman–Crippen MR) is 52.9 cm³/mol. The fourth-order valence-corrected chi connectivity index (χ4v) is 4.13. The van der Waals surface area contributed by atoms with Crippen molar-refractivity contribution in [2.45, 2.75) is 25.7 Å². The molecule has 4 fully saturated rings. The molecule has 3 heteroatoms. The van der Waals surface area contributed by atoms with Gasteiger partial charge in [-0.25, -0.2) is 0 Å². The minimum Gasteiger partial charge on any atom is -0.469 e. The Morgan fingerprint density at radius 2 is 2.07 bits per heavy atom. The molecule has 3 nitrogen and oxygen atoms in total. The molecular formula is C12H16O3. The van der Waals surface area contributed by atoms with Gasteiger partial charge in [0.2, 0.25) is 0 Å². The van der Waals surface area contributed by atoms with E-state index in [1.807, 2.05) is 0 Å². The lowest BCUT2D eigenvalue weighted by Crippen LogP contribution is -2.53. The highest BCUT2D eigenvalue weighted by Gasteiger charge is 2.55. The molecule has 0 aromatic heterocycles. The molecular weight excluding hydrogens is 192 g/mol. The summed E-state index contributed by atoms with van der Waals surface area (Å²) in [6.45, 7) is 0. The maximum Gasteiger partial charge on any atom is 0.309 e. The number of methoxy groups -OCH3 is 1. The zero-order valence-electron chi connectivity index (χ0n) is 8.94. The van der Waals surface area contributed by atoms with E-state index in [9.17, 15) is 9.59 Å². The number of Topliss-reactive ketones (excluding diaryl/α,β-unsaturated/α-hetero) is 1. The number of ketones is 1. The van der Waals surface area contributed by atoms with Gasteiger partial charge >= 0.3 is 5.97 Å². The van der Waals surface area contributed by atoms with E-state index in [1.165, 1.54) is 7.11 Å². The minimum atomic E-state index is -0.155. The summed E-state index contributed by atoms with van der Waals surface area (Å²) < 4.78 is 4.83. The highest BCUT2D eigenvalue weighted by atomic mass is 16.5. The number of esters is 1. The minimum absolute atomic E-state index is 0.00583. The maximum atomic E-state index is 12.0. The van der Waals surface area contributed by atoms with Gasteiger partial charge in [0, 0.05) is 11.8 Å². The normalized spacial score (nSPS) is 47.0. The Bertz CT molecular complexity index is 323. The molecule has 4 rings (SSSR count). The molecule has 4 unspecified atom stereocenters. The van der Waals surface area contributed by atoms with Crippen molar-refractivity contribution in [2.24, 2.45) is 29.6 Å². The fraction of sp³-hybridized carbons (Fsp3) is 0.833. The SMILES string of the molecule is COC(=O)[C@@H]1C2CC3CC(C2)C(=O)C1C3. The zero-order valence-corrected chi connectivity index (χ0v) is 8.94. The van der Waals surface area contributed by atoms with Crippen LogP contribution in [-0.4, -0.2) is 18.9 Å². The molecule has 0 amide bonds. The summed E-state index contributed by atoms with van der Waals surface area (Å²) in [5, 5.41) is 0. The molecule has 82 valence electrons. The van der Waals surface area contributed by atoms with E-state index in [1.54, 1.807) is 0 Å². The lowest BCUT2D eigenvalue weighted by Gasteiger charge is -2.51. The van der Waals surface area contributed by atoms with Crippen molar-refractivity contribution < 1.29 is 14.3 Å². The second kappa shape index (κ2) is 3.06. The number of hydrogen-bond acceptors (Lipinski definition) is 3. The van der Waals surface area contributed by atoms with Gasteiger partial charge in [-0.1, -0.05) is 0 Å². The van der Waals surface area contributed by atoms with Gasteiger partial charge in [0.1, 0.15) is 5.78 Å². The van der Waals surface area contributed by atoms with Crippen molar-refractivity contribution >= 4 is 11.8 Å². The summed E-state index contributed by atoms with van der Waals surface area (Å²) in [5.41, 5.74) is 0. The van der Waals surface area contributed by atoms with E-state index in [-0.39, 0.29) is 23.7 Å². The standard InChI is InChI=1S/C12H16O3/c1-15-12(14)10-7-2-6-3-8(5-7)11(13)9(10)4-6/h6-10H,2-5H2,1H3/t6?,7?,8?,9?,10-/m1/s1. The average molecular weight is 208 g/mol. The summed E-state index contributed by atoms with van der Waals surface area (Å²) >= 11 is 0. The summed E-state index contributed by atoms with van der Waals surface area (Å²) in [6.07, 6.45) is 4.09. The quantitative estimate of drug-likeness (QED) is 0.612. The Hall–Kier alpha value is -0.860. The van der Waals surface area contributed by atoms with Crippen LogP contribution in [0.1, 0.15) is 25.7 Å². The van der Waals surface area contributed by atoms with Crippen molar-refractivity contribution in [3.05, 3.63) is 0 Å². The third-order valence-electron chi connectivity index (χ3n) is 4.61. The van der Waals surface area contributed by atoms with E-state index in [0.717, 1.165) is 25.7 Å². The van der Waals surface area contributed by atoms with Crippen LogP contribution in [-0.2, 0) is 14.3 Å². The van der Waals surface area contributed by atoms with Crippen molar-refractivity contribution in [1.82, 2.24) is 0 Å². The van der Waals surface area contributed by atoms with Crippen LogP contribution in [0.15, 0.2) is 0 Å². The van der Waals surface area contributed by atoms with E-state index in [4.69, 9.17) is 4.74 Å². The monoisotopic (exact) mass is 208 g/mol. The molecule has 0 heterocycles. The predicted octanol–water partition coefficient (Wildman–Crippen LogP) is 1.41.